The van der Waals surface area contributed by atoms with E-state index in [4.69, 9.17) is 9.84 Å². The highest BCUT2D eigenvalue weighted by Crippen LogP contribution is 2.56. The maximum atomic E-state index is 12.7. The number of rotatable bonds is 5. The van der Waals surface area contributed by atoms with Gasteiger partial charge in [-0.05, 0) is 60.6 Å². The van der Waals surface area contributed by atoms with Gasteiger partial charge in [-0.2, -0.15) is 0 Å². The summed E-state index contributed by atoms with van der Waals surface area (Å²) in [5.74, 6) is 0.373. The minimum absolute atomic E-state index is 0.0853. The van der Waals surface area contributed by atoms with E-state index in [-0.39, 0.29) is 11.9 Å². The van der Waals surface area contributed by atoms with Crippen molar-refractivity contribution in [1.82, 2.24) is 5.32 Å². The highest BCUT2D eigenvalue weighted by molar-refractivity contribution is 5.95. The SMILES string of the molecule is Cc1cc(C(=O)NC2C3Cc4ccccc4C32)cc(C)c1OCC(=O)O. The Balaban J connectivity index is 1.46. The second-order valence-electron chi connectivity index (χ2n) is 7.21. The molecular weight excluding hydrogens is 330 g/mol. The van der Waals surface area contributed by atoms with Crippen LogP contribution in [0.1, 0.15) is 38.5 Å². The van der Waals surface area contributed by atoms with Crippen LogP contribution in [0.2, 0.25) is 0 Å². The first-order valence-corrected chi connectivity index (χ1v) is 8.80. The van der Waals surface area contributed by atoms with Gasteiger partial charge in [-0.1, -0.05) is 24.3 Å². The van der Waals surface area contributed by atoms with Gasteiger partial charge in [0.25, 0.3) is 5.91 Å². The van der Waals surface area contributed by atoms with Gasteiger partial charge in [-0.25, -0.2) is 4.79 Å². The average molecular weight is 351 g/mol. The lowest BCUT2D eigenvalue weighted by atomic mass is 10.0. The average Bonchev–Trinajstić information content (AvgIpc) is 3.10. The van der Waals surface area contributed by atoms with Gasteiger partial charge in [0.05, 0.1) is 0 Å². The molecule has 3 atom stereocenters. The first kappa shape index (κ1) is 16.6. The Hall–Kier alpha value is -2.82. The summed E-state index contributed by atoms with van der Waals surface area (Å²) in [6.45, 7) is 3.25. The number of carbonyl (C=O) groups is 2. The monoisotopic (exact) mass is 351 g/mol. The van der Waals surface area contributed by atoms with Crippen LogP contribution in [0.25, 0.3) is 0 Å². The van der Waals surface area contributed by atoms with E-state index in [1.54, 1.807) is 12.1 Å². The number of carbonyl (C=O) groups excluding carboxylic acids is 1. The Kier molecular flexibility index (Phi) is 3.94. The fourth-order valence-electron chi connectivity index (χ4n) is 4.23. The van der Waals surface area contributed by atoms with Crippen molar-refractivity contribution in [3.8, 4) is 5.75 Å². The highest BCUT2D eigenvalue weighted by atomic mass is 16.5. The van der Waals surface area contributed by atoms with E-state index in [9.17, 15) is 9.59 Å². The molecule has 0 saturated heterocycles. The molecule has 2 aliphatic carbocycles. The Morgan fingerprint density at radius 1 is 1.19 bits per heavy atom. The normalized spacial score (nSPS) is 22.3. The van der Waals surface area contributed by atoms with Crippen LogP contribution in [-0.4, -0.2) is 29.6 Å². The molecule has 0 heterocycles. The molecule has 4 rings (SSSR count). The van der Waals surface area contributed by atoms with Gasteiger partial charge in [0.1, 0.15) is 5.75 Å². The molecule has 0 spiro atoms. The lowest BCUT2D eigenvalue weighted by Gasteiger charge is -2.14. The number of ether oxygens (including phenoxy) is 1. The van der Waals surface area contributed by atoms with Gasteiger partial charge in [0, 0.05) is 17.5 Å². The topological polar surface area (TPSA) is 75.6 Å². The summed E-state index contributed by atoms with van der Waals surface area (Å²) in [7, 11) is 0. The van der Waals surface area contributed by atoms with Crippen molar-refractivity contribution in [2.45, 2.75) is 32.2 Å². The number of aliphatic carboxylic acids is 1. The summed E-state index contributed by atoms with van der Waals surface area (Å²) < 4.78 is 5.33. The number of carboxylic acid groups (broad SMARTS) is 1. The van der Waals surface area contributed by atoms with Gasteiger partial charge in [0.2, 0.25) is 0 Å². The maximum absolute atomic E-state index is 12.7. The second-order valence-corrected chi connectivity index (χ2v) is 7.21. The summed E-state index contributed by atoms with van der Waals surface area (Å²) in [5, 5.41) is 11.9. The number of hydrogen-bond acceptors (Lipinski definition) is 3. The van der Waals surface area contributed by atoms with Crippen LogP contribution in [0.3, 0.4) is 0 Å². The molecule has 2 aromatic rings. The van der Waals surface area contributed by atoms with E-state index in [2.05, 4.69) is 29.6 Å². The third-order valence-corrected chi connectivity index (χ3v) is 5.40. The number of aryl methyl sites for hydroxylation is 2. The summed E-state index contributed by atoms with van der Waals surface area (Å²) in [5.41, 5.74) is 4.88. The smallest absolute Gasteiger partial charge is 0.341 e. The van der Waals surface area contributed by atoms with Gasteiger partial charge in [-0.15, -0.1) is 0 Å². The third kappa shape index (κ3) is 2.83. The van der Waals surface area contributed by atoms with Gasteiger partial charge < -0.3 is 15.2 Å². The fourth-order valence-corrected chi connectivity index (χ4v) is 4.23. The van der Waals surface area contributed by atoms with Crippen molar-refractivity contribution in [2.75, 3.05) is 6.61 Å². The molecule has 2 N–H and O–H groups in total. The Bertz CT molecular complexity index is 882. The van der Waals surface area contributed by atoms with Crippen molar-refractivity contribution >= 4 is 11.9 Å². The van der Waals surface area contributed by atoms with Crippen LogP contribution < -0.4 is 10.1 Å². The maximum Gasteiger partial charge on any atom is 0.341 e. The number of amides is 1. The summed E-state index contributed by atoms with van der Waals surface area (Å²) in [6.07, 6.45) is 1.03. The standard InChI is InChI=1S/C21H21NO4/c1-11-7-14(8-12(2)20(11)26-10-17(23)24)21(25)22-19-16-9-13-5-3-4-6-15(13)18(16)19/h3-8,16,18-19H,9-10H2,1-2H3,(H,22,25)(H,23,24). The molecule has 0 radical (unpaired) electrons. The molecule has 1 saturated carbocycles. The molecule has 0 aliphatic heterocycles. The van der Waals surface area contributed by atoms with Crippen molar-refractivity contribution in [3.63, 3.8) is 0 Å². The van der Waals surface area contributed by atoms with Crippen LogP contribution in [0.5, 0.6) is 5.75 Å². The van der Waals surface area contributed by atoms with Crippen molar-refractivity contribution in [1.29, 1.82) is 0 Å². The van der Waals surface area contributed by atoms with Crippen molar-refractivity contribution in [2.24, 2.45) is 5.92 Å². The molecule has 1 fully saturated rings. The number of fused-ring (bicyclic) bond motifs is 3. The quantitative estimate of drug-likeness (QED) is 0.869. The van der Waals surface area contributed by atoms with E-state index in [1.807, 2.05) is 13.8 Å². The number of nitrogens with one attached hydrogen (secondary N) is 1. The van der Waals surface area contributed by atoms with E-state index >= 15 is 0 Å². The number of benzene rings is 2. The molecule has 0 aromatic heterocycles. The molecule has 5 nitrogen and oxygen atoms in total. The molecule has 0 bridgehead atoms. The largest absolute Gasteiger partial charge is 0.481 e. The van der Waals surface area contributed by atoms with E-state index < -0.39 is 12.6 Å². The Morgan fingerprint density at radius 3 is 2.58 bits per heavy atom. The highest BCUT2D eigenvalue weighted by Gasteiger charge is 2.56. The molecule has 2 aliphatic rings. The molecule has 134 valence electrons. The molecular formula is C21H21NO4. The lowest BCUT2D eigenvalue weighted by Crippen LogP contribution is -2.29. The predicted molar refractivity (Wildman–Crippen MR) is 96.7 cm³/mol. The van der Waals surface area contributed by atoms with Crippen LogP contribution >= 0.6 is 0 Å². The number of hydrogen-bond donors (Lipinski definition) is 2. The first-order chi connectivity index (χ1) is 12.5. The zero-order valence-corrected chi connectivity index (χ0v) is 14.8. The fraction of sp³-hybridized carbons (Fsp3) is 0.333. The van der Waals surface area contributed by atoms with Crippen LogP contribution in [0, 0.1) is 19.8 Å². The lowest BCUT2D eigenvalue weighted by molar-refractivity contribution is -0.139. The predicted octanol–water partition coefficient (Wildman–Crippen LogP) is 2.83. The van der Waals surface area contributed by atoms with E-state index in [1.165, 1.54) is 11.1 Å². The van der Waals surface area contributed by atoms with Gasteiger partial charge in [0.15, 0.2) is 6.61 Å². The van der Waals surface area contributed by atoms with E-state index in [0.29, 0.717) is 23.1 Å². The van der Waals surface area contributed by atoms with E-state index in [0.717, 1.165) is 17.5 Å². The molecule has 26 heavy (non-hydrogen) atoms. The van der Waals surface area contributed by atoms with Gasteiger partial charge >= 0.3 is 5.97 Å². The minimum Gasteiger partial charge on any atom is -0.481 e. The molecule has 2 aromatic carbocycles. The van der Waals surface area contributed by atoms with Gasteiger partial charge in [-0.3, -0.25) is 4.79 Å². The first-order valence-electron chi connectivity index (χ1n) is 8.80. The van der Waals surface area contributed by atoms with Crippen LogP contribution in [0.4, 0.5) is 0 Å². The van der Waals surface area contributed by atoms with Crippen molar-refractivity contribution in [3.05, 3.63) is 64.2 Å². The summed E-state index contributed by atoms with van der Waals surface area (Å²) >= 11 is 0. The molecule has 1 amide bonds. The summed E-state index contributed by atoms with van der Waals surface area (Å²) in [4.78, 5) is 23.4. The second kappa shape index (κ2) is 6.16. The Morgan fingerprint density at radius 2 is 1.88 bits per heavy atom. The molecule has 5 heteroatoms. The van der Waals surface area contributed by atoms with Crippen LogP contribution in [0.15, 0.2) is 36.4 Å². The summed E-state index contributed by atoms with van der Waals surface area (Å²) in [6, 6.07) is 12.2. The third-order valence-electron chi connectivity index (χ3n) is 5.40. The Labute approximate surface area is 152 Å². The molecule has 3 unspecified atom stereocenters. The van der Waals surface area contributed by atoms with Crippen LogP contribution in [-0.2, 0) is 11.2 Å². The zero-order chi connectivity index (χ0) is 18.4. The number of carboxylic acids is 1. The van der Waals surface area contributed by atoms with Crippen molar-refractivity contribution < 1.29 is 19.4 Å². The zero-order valence-electron chi connectivity index (χ0n) is 14.8. The minimum atomic E-state index is -1.02.